The van der Waals surface area contributed by atoms with Gasteiger partial charge in [-0.3, -0.25) is 0 Å². The highest BCUT2D eigenvalue weighted by atomic mass is 16.6. The van der Waals surface area contributed by atoms with Gasteiger partial charge in [-0.25, -0.2) is 0 Å². The highest BCUT2D eigenvalue weighted by molar-refractivity contribution is 5.65. The second kappa shape index (κ2) is 5.05. The summed E-state index contributed by atoms with van der Waals surface area (Å²) in [4.78, 5) is 4.98. The Morgan fingerprint density at radius 3 is 3.08 bits per heavy atom. The molecule has 0 fully saturated rings. The van der Waals surface area contributed by atoms with E-state index in [0.29, 0.717) is 18.4 Å². The summed E-state index contributed by atoms with van der Waals surface area (Å²) in [6, 6.07) is 0. The van der Waals surface area contributed by atoms with Crippen molar-refractivity contribution >= 4 is 6.21 Å². The quantitative estimate of drug-likeness (QED) is 0.372. The number of rotatable bonds is 3. The van der Waals surface area contributed by atoms with Crippen molar-refractivity contribution in [3.63, 3.8) is 0 Å². The number of allylic oxidation sites excluding steroid dienone is 2. The molecule has 0 saturated carbocycles. The lowest BCUT2D eigenvalue weighted by atomic mass is 9.81. The fourth-order valence-electron chi connectivity index (χ4n) is 1.79. The van der Waals surface area contributed by atoms with Crippen LogP contribution in [-0.4, -0.2) is 12.8 Å². The molecular weight excluding hydrogens is 162 g/mol. The Hall–Kier alpha value is -0.790. The topological polar surface area (TPSA) is 21.6 Å². The van der Waals surface area contributed by atoms with Crippen molar-refractivity contribution < 1.29 is 4.84 Å². The molecule has 1 rings (SSSR count). The van der Waals surface area contributed by atoms with Crippen LogP contribution in [0.1, 0.15) is 33.6 Å². The maximum Gasteiger partial charge on any atom is 0.114 e. The molecule has 0 N–H and O–H groups in total. The first kappa shape index (κ1) is 10.3. The van der Waals surface area contributed by atoms with Crippen molar-refractivity contribution in [2.45, 2.75) is 33.6 Å². The first-order valence-corrected chi connectivity index (χ1v) is 5.07. The van der Waals surface area contributed by atoms with Gasteiger partial charge in [-0.1, -0.05) is 23.7 Å². The molecule has 0 aromatic carbocycles. The lowest BCUT2D eigenvalue weighted by Crippen LogP contribution is -2.18. The Balaban J connectivity index is 2.54. The van der Waals surface area contributed by atoms with Crippen LogP contribution in [0.15, 0.2) is 16.8 Å². The average Bonchev–Trinajstić information content (AvgIpc) is 2.10. The SMILES string of the molecule is CCO/N=C/C1C(C)=CCCC1C. The molecule has 0 heterocycles. The largest absolute Gasteiger partial charge is 0.396 e. The van der Waals surface area contributed by atoms with Gasteiger partial charge in [0, 0.05) is 5.92 Å². The number of nitrogens with zero attached hydrogens (tertiary/aromatic N) is 1. The molecule has 13 heavy (non-hydrogen) atoms. The van der Waals surface area contributed by atoms with Crippen LogP contribution in [0.3, 0.4) is 0 Å². The molecule has 0 aliphatic heterocycles. The number of oxime groups is 1. The third-order valence-corrected chi connectivity index (χ3v) is 2.65. The highest BCUT2D eigenvalue weighted by Gasteiger charge is 2.20. The predicted molar refractivity (Wildman–Crippen MR) is 55.8 cm³/mol. The van der Waals surface area contributed by atoms with Crippen LogP contribution in [0, 0.1) is 11.8 Å². The molecule has 0 aromatic rings. The van der Waals surface area contributed by atoms with E-state index in [2.05, 4.69) is 25.1 Å². The van der Waals surface area contributed by atoms with Gasteiger partial charge in [0.25, 0.3) is 0 Å². The second-order valence-electron chi connectivity index (χ2n) is 3.70. The number of hydrogen-bond acceptors (Lipinski definition) is 2. The third kappa shape index (κ3) is 2.87. The predicted octanol–water partition coefficient (Wildman–Crippen LogP) is 3.00. The Morgan fingerprint density at radius 2 is 2.46 bits per heavy atom. The Labute approximate surface area is 80.7 Å². The minimum atomic E-state index is 0.486. The van der Waals surface area contributed by atoms with Crippen molar-refractivity contribution in [1.82, 2.24) is 0 Å². The van der Waals surface area contributed by atoms with Crippen LogP contribution in [0.4, 0.5) is 0 Å². The first-order valence-electron chi connectivity index (χ1n) is 5.07. The van der Waals surface area contributed by atoms with E-state index in [1.165, 1.54) is 18.4 Å². The fourth-order valence-corrected chi connectivity index (χ4v) is 1.79. The van der Waals surface area contributed by atoms with Gasteiger partial charge >= 0.3 is 0 Å². The van der Waals surface area contributed by atoms with Crippen molar-refractivity contribution in [3.8, 4) is 0 Å². The van der Waals surface area contributed by atoms with Crippen LogP contribution in [-0.2, 0) is 4.84 Å². The lowest BCUT2D eigenvalue weighted by molar-refractivity contribution is 0.158. The monoisotopic (exact) mass is 181 g/mol. The van der Waals surface area contributed by atoms with E-state index in [9.17, 15) is 0 Å². The Morgan fingerprint density at radius 1 is 1.69 bits per heavy atom. The summed E-state index contributed by atoms with van der Waals surface area (Å²) in [5, 5.41) is 3.95. The summed E-state index contributed by atoms with van der Waals surface area (Å²) in [5.41, 5.74) is 1.43. The molecule has 2 nitrogen and oxygen atoms in total. The van der Waals surface area contributed by atoms with Crippen molar-refractivity contribution in [2.75, 3.05) is 6.61 Å². The Bertz CT molecular complexity index is 208. The normalized spacial score (nSPS) is 29.0. The minimum Gasteiger partial charge on any atom is -0.396 e. The average molecular weight is 181 g/mol. The minimum absolute atomic E-state index is 0.486. The van der Waals surface area contributed by atoms with Crippen molar-refractivity contribution in [1.29, 1.82) is 0 Å². The van der Waals surface area contributed by atoms with Gasteiger partial charge in [0.2, 0.25) is 0 Å². The molecule has 0 spiro atoms. The molecule has 2 atom stereocenters. The van der Waals surface area contributed by atoms with Gasteiger partial charge in [0.05, 0.1) is 6.21 Å². The van der Waals surface area contributed by atoms with Gasteiger partial charge in [-0.2, -0.15) is 0 Å². The maximum atomic E-state index is 4.98. The van der Waals surface area contributed by atoms with Gasteiger partial charge in [-0.15, -0.1) is 0 Å². The molecule has 0 saturated heterocycles. The van der Waals surface area contributed by atoms with Crippen LogP contribution < -0.4 is 0 Å². The molecule has 1 aliphatic rings. The van der Waals surface area contributed by atoms with E-state index in [1.54, 1.807) is 0 Å². The summed E-state index contributed by atoms with van der Waals surface area (Å²) in [7, 11) is 0. The van der Waals surface area contributed by atoms with Crippen molar-refractivity contribution in [2.24, 2.45) is 17.0 Å². The molecule has 0 amide bonds. The standard InChI is InChI=1S/C11H19NO/c1-4-13-12-8-11-9(2)6-5-7-10(11)3/h6,8,10-11H,4-5,7H2,1-3H3/b12-8+. The highest BCUT2D eigenvalue weighted by Crippen LogP contribution is 2.28. The molecule has 2 unspecified atom stereocenters. The maximum absolute atomic E-state index is 4.98. The van der Waals surface area contributed by atoms with E-state index in [4.69, 9.17) is 4.84 Å². The van der Waals surface area contributed by atoms with Crippen molar-refractivity contribution in [3.05, 3.63) is 11.6 Å². The smallest absolute Gasteiger partial charge is 0.114 e. The summed E-state index contributed by atoms with van der Waals surface area (Å²) in [6.07, 6.45) is 6.73. The van der Waals surface area contributed by atoms with E-state index in [-0.39, 0.29) is 0 Å². The molecule has 0 bridgehead atoms. The molecule has 74 valence electrons. The van der Waals surface area contributed by atoms with Crippen LogP contribution in [0.2, 0.25) is 0 Å². The summed E-state index contributed by atoms with van der Waals surface area (Å²) < 4.78 is 0. The van der Waals surface area contributed by atoms with Crippen LogP contribution >= 0.6 is 0 Å². The summed E-state index contributed by atoms with van der Waals surface area (Å²) in [5.74, 6) is 1.19. The molecule has 1 aliphatic carbocycles. The molecular formula is C11H19NO. The molecule has 2 heteroatoms. The molecule has 0 radical (unpaired) electrons. The summed E-state index contributed by atoms with van der Waals surface area (Å²) in [6.45, 7) is 7.06. The van der Waals surface area contributed by atoms with E-state index in [1.807, 2.05) is 13.1 Å². The van der Waals surface area contributed by atoms with E-state index < -0.39 is 0 Å². The zero-order valence-electron chi connectivity index (χ0n) is 8.79. The Kier molecular flexibility index (Phi) is 4.00. The van der Waals surface area contributed by atoms with Gasteiger partial charge in [0.15, 0.2) is 0 Å². The van der Waals surface area contributed by atoms with Crippen LogP contribution in [0.5, 0.6) is 0 Å². The van der Waals surface area contributed by atoms with Gasteiger partial charge in [-0.05, 0) is 32.6 Å². The third-order valence-electron chi connectivity index (χ3n) is 2.65. The summed E-state index contributed by atoms with van der Waals surface area (Å²) >= 11 is 0. The van der Waals surface area contributed by atoms with Gasteiger partial charge < -0.3 is 4.84 Å². The van der Waals surface area contributed by atoms with Gasteiger partial charge in [0.1, 0.15) is 6.61 Å². The number of hydrogen-bond donors (Lipinski definition) is 0. The van der Waals surface area contributed by atoms with E-state index in [0.717, 1.165) is 0 Å². The van der Waals surface area contributed by atoms with Crippen LogP contribution in [0.25, 0.3) is 0 Å². The second-order valence-corrected chi connectivity index (χ2v) is 3.70. The lowest BCUT2D eigenvalue weighted by Gasteiger charge is -2.24. The molecule has 0 aromatic heterocycles. The fraction of sp³-hybridized carbons (Fsp3) is 0.727. The zero-order chi connectivity index (χ0) is 9.68. The first-order chi connectivity index (χ1) is 6.25. The zero-order valence-corrected chi connectivity index (χ0v) is 8.79. The van der Waals surface area contributed by atoms with E-state index >= 15 is 0 Å².